The third-order valence-electron chi connectivity index (χ3n) is 5.09. The van der Waals surface area contributed by atoms with E-state index in [0.29, 0.717) is 28.8 Å². The fourth-order valence-electron chi connectivity index (χ4n) is 3.51. The lowest BCUT2D eigenvalue weighted by Crippen LogP contribution is -2.31. The summed E-state index contributed by atoms with van der Waals surface area (Å²) in [5.41, 5.74) is 2.19. The molecule has 1 unspecified atom stereocenters. The van der Waals surface area contributed by atoms with E-state index in [0.717, 1.165) is 37.9 Å². The van der Waals surface area contributed by atoms with Gasteiger partial charge in [0.1, 0.15) is 5.69 Å². The molecular weight excluding hydrogens is 373 g/mol. The van der Waals surface area contributed by atoms with E-state index in [-0.39, 0.29) is 11.7 Å². The van der Waals surface area contributed by atoms with Crippen molar-refractivity contribution in [3.05, 3.63) is 30.1 Å². The second-order valence-electron chi connectivity index (χ2n) is 7.37. The third-order valence-corrected chi connectivity index (χ3v) is 5.09. The van der Waals surface area contributed by atoms with Crippen LogP contribution in [0.15, 0.2) is 18.6 Å². The quantitative estimate of drug-likeness (QED) is 0.572. The number of nitrogens with zero attached hydrogens (tertiary/aromatic N) is 5. The summed E-state index contributed by atoms with van der Waals surface area (Å²) in [7, 11) is 3.52. The molecular formula is C20H26FN7O. The number of hydrogen-bond donors (Lipinski definition) is 2. The number of ether oxygens (including phenoxy) is 1. The monoisotopic (exact) mass is 399 g/mol. The zero-order chi connectivity index (χ0) is 20.4. The number of rotatable bonds is 9. The van der Waals surface area contributed by atoms with Gasteiger partial charge in [0.2, 0.25) is 5.95 Å². The maximum Gasteiger partial charge on any atom is 0.223 e. The first kappa shape index (κ1) is 19.5. The minimum Gasteiger partial charge on any atom is -0.493 e. The Morgan fingerprint density at radius 2 is 2.14 bits per heavy atom. The fourth-order valence-corrected chi connectivity index (χ4v) is 3.51. The minimum absolute atomic E-state index is 0.163. The second kappa shape index (κ2) is 8.28. The molecule has 9 heteroatoms. The molecule has 3 aromatic heterocycles. The predicted octanol–water partition coefficient (Wildman–Crippen LogP) is 3.01. The molecule has 0 bridgehead atoms. The number of aromatic nitrogens is 5. The Bertz CT molecular complexity index is 996. The van der Waals surface area contributed by atoms with Crippen molar-refractivity contribution in [3.8, 4) is 17.0 Å². The number of likely N-dealkylation sites (N-methyl/N-ethyl adjacent to an activating group) is 1. The Kier molecular flexibility index (Phi) is 5.57. The molecule has 8 nitrogen and oxygen atoms in total. The molecule has 154 valence electrons. The molecule has 1 atom stereocenters. The van der Waals surface area contributed by atoms with E-state index in [2.05, 4.69) is 32.6 Å². The average molecular weight is 399 g/mol. The molecule has 0 radical (unpaired) electrons. The lowest BCUT2D eigenvalue weighted by Gasteiger charge is -2.17. The maximum absolute atomic E-state index is 14.7. The summed E-state index contributed by atoms with van der Waals surface area (Å²) >= 11 is 0. The van der Waals surface area contributed by atoms with E-state index in [4.69, 9.17) is 9.72 Å². The summed E-state index contributed by atoms with van der Waals surface area (Å²) < 4.78 is 21.7. The van der Waals surface area contributed by atoms with Crippen LogP contribution in [0.5, 0.6) is 5.75 Å². The van der Waals surface area contributed by atoms with E-state index in [1.807, 2.05) is 7.05 Å². The Morgan fingerprint density at radius 1 is 1.31 bits per heavy atom. The van der Waals surface area contributed by atoms with Gasteiger partial charge < -0.3 is 15.4 Å². The van der Waals surface area contributed by atoms with Crippen molar-refractivity contribution in [3.63, 3.8) is 0 Å². The number of fused-ring (bicyclic) bond motifs is 1. The van der Waals surface area contributed by atoms with Crippen LogP contribution in [0.3, 0.4) is 0 Å². The number of methoxy groups -OCH3 is 1. The number of halogens is 1. The van der Waals surface area contributed by atoms with Gasteiger partial charge in [-0.15, -0.1) is 0 Å². The summed E-state index contributed by atoms with van der Waals surface area (Å²) in [5.74, 6) is 0.984. The van der Waals surface area contributed by atoms with Crippen molar-refractivity contribution in [2.45, 2.75) is 44.6 Å². The standard InChI is InChI=1S/C20H26FN7O/c1-4-5-13(8-22-2)25-20-23-10-15(21)18(27-20)14-9-24-28-11-16(29-3)17(12-6-7-12)26-19(14)28/h9-13,22H,4-8H2,1-3H3,(H,23,25,27). The van der Waals surface area contributed by atoms with Crippen LogP contribution in [-0.2, 0) is 0 Å². The molecule has 0 amide bonds. The Morgan fingerprint density at radius 3 is 2.83 bits per heavy atom. The van der Waals surface area contributed by atoms with Crippen molar-refractivity contribution in [2.75, 3.05) is 26.0 Å². The van der Waals surface area contributed by atoms with Crippen molar-refractivity contribution in [1.29, 1.82) is 0 Å². The molecule has 0 saturated heterocycles. The van der Waals surface area contributed by atoms with E-state index in [9.17, 15) is 4.39 Å². The number of nitrogens with one attached hydrogen (secondary N) is 2. The van der Waals surface area contributed by atoms with E-state index >= 15 is 0 Å². The fraction of sp³-hybridized carbons (Fsp3) is 0.500. The normalized spacial score (nSPS) is 14.9. The summed E-state index contributed by atoms with van der Waals surface area (Å²) in [6.45, 7) is 2.89. The van der Waals surface area contributed by atoms with Gasteiger partial charge in [0.05, 0.1) is 37.0 Å². The number of hydrogen-bond acceptors (Lipinski definition) is 7. The van der Waals surface area contributed by atoms with Crippen LogP contribution in [0.1, 0.15) is 44.2 Å². The minimum atomic E-state index is -0.503. The first-order chi connectivity index (χ1) is 14.1. The smallest absolute Gasteiger partial charge is 0.223 e. The second-order valence-corrected chi connectivity index (χ2v) is 7.37. The highest BCUT2D eigenvalue weighted by Crippen LogP contribution is 2.43. The summed E-state index contributed by atoms with van der Waals surface area (Å²) in [5, 5.41) is 10.8. The lowest BCUT2D eigenvalue weighted by atomic mass is 10.1. The maximum atomic E-state index is 14.7. The molecule has 3 aromatic rings. The Labute approximate surface area is 168 Å². The molecule has 0 aliphatic heterocycles. The van der Waals surface area contributed by atoms with Crippen LogP contribution < -0.4 is 15.4 Å². The highest BCUT2D eigenvalue weighted by atomic mass is 19.1. The van der Waals surface area contributed by atoms with Crippen LogP contribution >= 0.6 is 0 Å². The van der Waals surface area contributed by atoms with Crippen molar-refractivity contribution in [1.82, 2.24) is 29.9 Å². The largest absolute Gasteiger partial charge is 0.493 e. The van der Waals surface area contributed by atoms with Gasteiger partial charge in [0.25, 0.3) is 0 Å². The average Bonchev–Trinajstić information content (AvgIpc) is 3.49. The van der Waals surface area contributed by atoms with Gasteiger partial charge in [0.15, 0.2) is 17.2 Å². The van der Waals surface area contributed by atoms with E-state index in [1.165, 1.54) is 6.20 Å². The summed E-state index contributed by atoms with van der Waals surface area (Å²) in [6.07, 6.45) is 8.73. The van der Waals surface area contributed by atoms with Gasteiger partial charge in [-0.05, 0) is 26.3 Å². The van der Waals surface area contributed by atoms with Crippen LogP contribution in [0, 0.1) is 5.82 Å². The van der Waals surface area contributed by atoms with E-state index < -0.39 is 5.82 Å². The van der Waals surface area contributed by atoms with Crippen LogP contribution in [0.25, 0.3) is 16.9 Å². The lowest BCUT2D eigenvalue weighted by molar-refractivity contribution is 0.403. The molecule has 1 fully saturated rings. The first-order valence-electron chi connectivity index (χ1n) is 10.0. The van der Waals surface area contributed by atoms with Gasteiger partial charge in [0, 0.05) is 18.5 Å². The predicted molar refractivity (Wildman–Crippen MR) is 109 cm³/mol. The summed E-state index contributed by atoms with van der Waals surface area (Å²) in [4.78, 5) is 13.3. The van der Waals surface area contributed by atoms with Crippen LogP contribution in [0.2, 0.25) is 0 Å². The molecule has 3 heterocycles. The topological polar surface area (TPSA) is 89.3 Å². The summed E-state index contributed by atoms with van der Waals surface area (Å²) in [6, 6.07) is 0.163. The number of anilines is 1. The molecule has 29 heavy (non-hydrogen) atoms. The van der Waals surface area contributed by atoms with Gasteiger partial charge >= 0.3 is 0 Å². The molecule has 1 saturated carbocycles. The highest BCUT2D eigenvalue weighted by molar-refractivity contribution is 5.75. The van der Waals surface area contributed by atoms with Crippen molar-refractivity contribution in [2.24, 2.45) is 0 Å². The SMILES string of the molecule is CCCC(CNC)Nc1ncc(F)c(-c2cnn3cc(OC)c(C4CC4)nc23)n1. The molecule has 4 rings (SSSR count). The molecule has 0 spiro atoms. The zero-order valence-corrected chi connectivity index (χ0v) is 16.9. The van der Waals surface area contributed by atoms with Crippen molar-refractivity contribution < 1.29 is 9.13 Å². The van der Waals surface area contributed by atoms with Gasteiger partial charge in [-0.1, -0.05) is 13.3 Å². The Balaban J connectivity index is 1.72. The zero-order valence-electron chi connectivity index (χ0n) is 16.9. The van der Waals surface area contributed by atoms with Gasteiger partial charge in [-0.25, -0.2) is 23.9 Å². The van der Waals surface area contributed by atoms with Crippen LogP contribution in [-0.4, -0.2) is 51.3 Å². The molecule has 2 N–H and O–H groups in total. The van der Waals surface area contributed by atoms with Gasteiger partial charge in [-0.2, -0.15) is 5.10 Å². The molecule has 1 aliphatic carbocycles. The highest BCUT2D eigenvalue weighted by Gasteiger charge is 2.30. The van der Waals surface area contributed by atoms with Gasteiger partial charge in [-0.3, -0.25) is 0 Å². The van der Waals surface area contributed by atoms with E-state index in [1.54, 1.807) is 24.0 Å². The third kappa shape index (κ3) is 4.00. The molecule has 0 aromatic carbocycles. The first-order valence-corrected chi connectivity index (χ1v) is 10.0. The van der Waals surface area contributed by atoms with Crippen LogP contribution in [0.4, 0.5) is 10.3 Å². The molecule has 1 aliphatic rings. The van der Waals surface area contributed by atoms with Crippen molar-refractivity contribution >= 4 is 11.6 Å². The Hall–Kier alpha value is -2.81.